The van der Waals surface area contributed by atoms with Crippen LogP contribution in [-0.2, 0) is 9.59 Å². The zero-order valence-electron chi connectivity index (χ0n) is 9.40. The molecular weight excluding hydrogens is 222 g/mol. The first-order chi connectivity index (χ1) is 8.12. The lowest BCUT2D eigenvalue weighted by atomic mass is 9.82. The van der Waals surface area contributed by atoms with Gasteiger partial charge in [-0.3, -0.25) is 14.7 Å². The van der Waals surface area contributed by atoms with Crippen molar-refractivity contribution in [3.63, 3.8) is 0 Å². The fourth-order valence-corrected chi connectivity index (χ4v) is 2.35. The van der Waals surface area contributed by atoms with Gasteiger partial charge in [0.2, 0.25) is 5.91 Å². The van der Waals surface area contributed by atoms with Crippen LogP contribution in [0.5, 0.6) is 0 Å². The molecule has 1 aliphatic carbocycles. The van der Waals surface area contributed by atoms with Crippen molar-refractivity contribution in [3.8, 4) is 0 Å². The number of carbonyl (C=O) groups excluding carboxylic acids is 1. The second-order valence-corrected chi connectivity index (χ2v) is 4.49. The van der Waals surface area contributed by atoms with E-state index in [1.807, 2.05) is 0 Å². The standard InChI is InChI=1S/C11H15N3O3/c15-9(13-8-3-6-12-14-8)7-11(10(16)17)4-1-2-5-11/h3,6H,1-2,4-5,7H2,(H,16,17)(H2,12,13,14,15). The van der Waals surface area contributed by atoms with Gasteiger partial charge in [0.25, 0.3) is 0 Å². The topological polar surface area (TPSA) is 95.1 Å². The average Bonchev–Trinajstić information content (AvgIpc) is 2.89. The molecule has 0 radical (unpaired) electrons. The Kier molecular flexibility index (Phi) is 3.12. The molecule has 1 aromatic heterocycles. The Balaban J connectivity index is 1.99. The normalized spacial score (nSPS) is 17.9. The van der Waals surface area contributed by atoms with Crippen LogP contribution in [0.25, 0.3) is 0 Å². The summed E-state index contributed by atoms with van der Waals surface area (Å²) in [7, 11) is 0. The summed E-state index contributed by atoms with van der Waals surface area (Å²) in [4.78, 5) is 23.0. The molecule has 0 bridgehead atoms. The molecule has 1 aromatic rings. The molecular formula is C11H15N3O3. The number of aliphatic carboxylic acids is 1. The summed E-state index contributed by atoms with van der Waals surface area (Å²) in [6, 6.07) is 1.62. The number of aromatic amines is 1. The molecule has 1 saturated carbocycles. The third kappa shape index (κ3) is 2.46. The van der Waals surface area contributed by atoms with Crippen molar-refractivity contribution in [1.29, 1.82) is 0 Å². The Labute approximate surface area is 98.4 Å². The second kappa shape index (κ2) is 4.57. The van der Waals surface area contributed by atoms with Crippen molar-refractivity contribution >= 4 is 17.7 Å². The summed E-state index contributed by atoms with van der Waals surface area (Å²) < 4.78 is 0. The number of aromatic nitrogens is 2. The van der Waals surface area contributed by atoms with Gasteiger partial charge in [0, 0.05) is 12.5 Å². The van der Waals surface area contributed by atoms with Gasteiger partial charge >= 0.3 is 5.97 Å². The lowest BCUT2D eigenvalue weighted by Crippen LogP contribution is -2.32. The van der Waals surface area contributed by atoms with Gasteiger partial charge in [0.15, 0.2) is 0 Å². The summed E-state index contributed by atoms with van der Waals surface area (Å²) in [6.45, 7) is 0. The van der Waals surface area contributed by atoms with Crippen LogP contribution in [0.1, 0.15) is 32.1 Å². The Hall–Kier alpha value is -1.85. The van der Waals surface area contributed by atoms with Crippen LogP contribution in [0.15, 0.2) is 12.3 Å². The Morgan fingerprint density at radius 2 is 2.18 bits per heavy atom. The van der Waals surface area contributed by atoms with Gasteiger partial charge in [-0.25, -0.2) is 0 Å². The molecule has 0 aromatic carbocycles. The monoisotopic (exact) mass is 237 g/mol. The summed E-state index contributed by atoms with van der Waals surface area (Å²) in [6.07, 6.45) is 4.48. The predicted octanol–water partition coefficient (Wildman–Crippen LogP) is 1.38. The third-order valence-electron chi connectivity index (χ3n) is 3.29. The van der Waals surface area contributed by atoms with Gasteiger partial charge in [-0.1, -0.05) is 12.8 Å². The van der Waals surface area contributed by atoms with Crippen LogP contribution in [0, 0.1) is 5.41 Å². The van der Waals surface area contributed by atoms with Crippen LogP contribution in [0.3, 0.4) is 0 Å². The van der Waals surface area contributed by atoms with E-state index in [1.165, 1.54) is 6.20 Å². The van der Waals surface area contributed by atoms with Crippen molar-refractivity contribution in [2.24, 2.45) is 5.41 Å². The van der Waals surface area contributed by atoms with E-state index in [2.05, 4.69) is 15.5 Å². The fraction of sp³-hybridized carbons (Fsp3) is 0.545. The minimum atomic E-state index is -0.871. The van der Waals surface area contributed by atoms with Crippen LogP contribution in [0.4, 0.5) is 5.82 Å². The molecule has 3 N–H and O–H groups in total. The fourth-order valence-electron chi connectivity index (χ4n) is 2.35. The zero-order chi connectivity index (χ0) is 12.3. The molecule has 0 atom stereocenters. The van der Waals surface area contributed by atoms with E-state index in [9.17, 15) is 14.7 Å². The number of nitrogens with zero attached hydrogens (tertiary/aromatic N) is 1. The first-order valence-electron chi connectivity index (χ1n) is 5.65. The summed E-state index contributed by atoms with van der Waals surface area (Å²) in [5, 5.41) is 18.2. The molecule has 0 spiro atoms. The van der Waals surface area contributed by atoms with Crippen molar-refractivity contribution in [2.75, 3.05) is 5.32 Å². The number of hydrogen-bond acceptors (Lipinski definition) is 3. The maximum Gasteiger partial charge on any atom is 0.310 e. The van der Waals surface area contributed by atoms with E-state index in [1.54, 1.807) is 6.07 Å². The molecule has 0 saturated heterocycles. The number of nitrogens with one attached hydrogen (secondary N) is 2. The van der Waals surface area contributed by atoms with Crippen molar-refractivity contribution in [1.82, 2.24) is 10.2 Å². The lowest BCUT2D eigenvalue weighted by molar-refractivity contribution is -0.150. The molecule has 6 heteroatoms. The molecule has 0 aliphatic heterocycles. The molecule has 2 rings (SSSR count). The summed E-state index contributed by atoms with van der Waals surface area (Å²) in [5.74, 6) is -0.651. The number of carboxylic acid groups (broad SMARTS) is 1. The van der Waals surface area contributed by atoms with Crippen molar-refractivity contribution in [3.05, 3.63) is 12.3 Å². The molecule has 1 heterocycles. The van der Waals surface area contributed by atoms with Gasteiger partial charge in [-0.2, -0.15) is 5.10 Å². The van der Waals surface area contributed by atoms with E-state index in [-0.39, 0.29) is 12.3 Å². The number of hydrogen-bond donors (Lipinski definition) is 3. The number of H-pyrrole nitrogens is 1. The van der Waals surface area contributed by atoms with Gasteiger partial charge in [-0.15, -0.1) is 0 Å². The lowest BCUT2D eigenvalue weighted by Gasteiger charge is -2.22. The average molecular weight is 237 g/mol. The maximum atomic E-state index is 11.8. The van der Waals surface area contributed by atoms with Gasteiger partial charge in [-0.05, 0) is 12.8 Å². The number of amides is 1. The van der Waals surface area contributed by atoms with Gasteiger partial charge in [0.05, 0.1) is 11.6 Å². The molecule has 0 unspecified atom stereocenters. The predicted molar refractivity (Wildman–Crippen MR) is 60.4 cm³/mol. The molecule has 1 aliphatic rings. The quantitative estimate of drug-likeness (QED) is 0.737. The van der Waals surface area contributed by atoms with Crippen LogP contribution in [-0.4, -0.2) is 27.2 Å². The van der Waals surface area contributed by atoms with Gasteiger partial charge in [0.1, 0.15) is 5.82 Å². The minimum absolute atomic E-state index is 0.0291. The SMILES string of the molecule is O=C(CC1(C(=O)O)CCCC1)Nc1ccn[nH]1. The third-order valence-corrected chi connectivity index (χ3v) is 3.29. The Morgan fingerprint density at radius 3 is 2.71 bits per heavy atom. The Bertz CT molecular complexity index is 408. The first-order valence-corrected chi connectivity index (χ1v) is 5.65. The van der Waals surface area contributed by atoms with E-state index in [4.69, 9.17) is 0 Å². The maximum absolute atomic E-state index is 11.8. The minimum Gasteiger partial charge on any atom is -0.481 e. The van der Waals surface area contributed by atoms with E-state index in [0.717, 1.165) is 12.8 Å². The summed E-state index contributed by atoms with van der Waals surface area (Å²) in [5.41, 5.74) is -0.871. The highest BCUT2D eigenvalue weighted by Gasteiger charge is 2.42. The van der Waals surface area contributed by atoms with Gasteiger partial charge < -0.3 is 10.4 Å². The number of carboxylic acids is 1. The molecule has 17 heavy (non-hydrogen) atoms. The smallest absolute Gasteiger partial charge is 0.310 e. The highest BCUT2D eigenvalue weighted by molar-refractivity contribution is 5.93. The number of anilines is 1. The molecule has 92 valence electrons. The molecule has 1 fully saturated rings. The zero-order valence-corrected chi connectivity index (χ0v) is 9.40. The van der Waals surface area contributed by atoms with Crippen LogP contribution in [0.2, 0.25) is 0 Å². The Morgan fingerprint density at radius 1 is 1.47 bits per heavy atom. The van der Waals surface area contributed by atoms with E-state index < -0.39 is 11.4 Å². The van der Waals surface area contributed by atoms with E-state index >= 15 is 0 Å². The second-order valence-electron chi connectivity index (χ2n) is 4.49. The highest BCUT2D eigenvalue weighted by Crippen LogP contribution is 2.41. The van der Waals surface area contributed by atoms with Crippen molar-refractivity contribution in [2.45, 2.75) is 32.1 Å². The summed E-state index contributed by atoms with van der Waals surface area (Å²) >= 11 is 0. The number of carbonyl (C=O) groups is 2. The molecule has 1 amide bonds. The largest absolute Gasteiger partial charge is 0.481 e. The van der Waals surface area contributed by atoms with E-state index in [0.29, 0.717) is 18.7 Å². The van der Waals surface area contributed by atoms with Crippen molar-refractivity contribution < 1.29 is 14.7 Å². The molecule has 6 nitrogen and oxygen atoms in total. The number of rotatable bonds is 4. The van der Waals surface area contributed by atoms with Crippen LogP contribution < -0.4 is 5.32 Å². The van der Waals surface area contributed by atoms with Crippen LogP contribution >= 0.6 is 0 Å². The highest BCUT2D eigenvalue weighted by atomic mass is 16.4. The first kappa shape index (κ1) is 11.6.